The average molecular weight is 632 g/mol. The van der Waals surface area contributed by atoms with Crippen LogP contribution >= 0.6 is 24.8 Å². The molecule has 0 aliphatic heterocycles. The standard InChI is InChI=1S/3C8H19O3P.Cr/c3*1-3-5-6-8(4-2)7-11-12(9)10;/h3*8,12H,3-7H2,1-2H3,(H,9,10);/q;;;+3/p-3. The molecule has 0 aliphatic rings. The summed E-state index contributed by atoms with van der Waals surface area (Å²) in [6.07, 6.45) is 13.1. The van der Waals surface area contributed by atoms with Crippen molar-refractivity contribution in [3.05, 3.63) is 0 Å². The van der Waals surface area contributed by atoms with Crippen LogP contribution in [0.15, 0.2) is 0 Å². The minimum Gasteiger partial charge on any atom is -0.781 e. The summed E-state index contributed by atoms with van der Waals surface area (Å²) < 4.78 is 44.2. The molecule has 0 fully saturated rings. The molecule has 6 unspecified atom stereocenters. The average Bonchev–Trinajstić information content (AvgIpc) is 2.85. The molecule has 0 heterocycles. The molecule has 0 saturated carbocycles. The van der Waals surface area contributed by atoms with Crippen LogP contribution in [-0.2, 0) is 44.6 Å². The van der Waals surface area contributed by atoms with Crippen LogP contribution in [0.2, 0.25) is 0 Å². The minimum atomic E-state index is -2.96. The van der Waals surface area contributed by atoms with Crippen LogP contribution < -0.4 is 14.7 Å². The molecule has 0 bridgehead atoms. The number of rotatable bonds is 21. The second-order valence-electron chi connectivity index (χ2n) is 8.93. The quantitative estimate of drug-likeness (QED) is 0.141. The third-order valence-corrected chi connectivity index (χ3v) is 7.15. The summed E-state index contributed by atoms with van der Waals surface area (Å²) in [5.41, 5.74) is 0. The molecule has 0 N–H and O–H groups in total. The van der Waals surface area contributed by atoms with Crippen molar-refractivity contribution < 1.29 is 59.3 Å². The first-order chi connectivity index (χ1) is 17.1. The fourth-order valence-electron chi connectivity index (χ4n) is 3.25. The van der Waals surface area contributed by atoms with Crippen LogP contribution in [0.4, 0.5) is 0 Å². The fraction of sp³-hybridized carbons (Fsp3) is 1.00. The Morgan fingerprint density at radius 1 is 0.514 bits per heavy atom. The molecular weight excluding hydrogens is 577 g/mol. The van der Waals surface area contributed by atoms with Crippen LogP contribution in [0.5, 0.6) is 0 Å². The Morgan fingerprint density at radius 2 is 0.730 bits per heavy atom. The van der Waals surface area contributed by atoms with Crippen molar-refractivity contribution >= 4 is 24.8 Å². The zero-order valence-electron chi connectivity index (χ0n) is 23.9. The molecular formula is C24H54CrO9P3. The van der Waals surface area contributed by atoms with E-state index in [2.05, 4.69) is 55.1 Å². The van der Waals surface area contributed by atoms with Gasteiger partial charge >= 0.3 is 17.4 Å². The van der Waals surface area contributed by atoms with Crippen molar-refractivity contribution in [2.75, 3.05) is 19.8 Å². The summed E-state index contributed by atoms with van der Waals surface area (Å²) >= 11 is 0. The smallest absolute Gasteiger partial charge is 0.781 e. The van der Waals surface area contributed by atoms with E-state index in [1.165, 1.54) is 0 Å². The van der Waals surface area contributed by atoms with Gasteiger partial charge in [0.1, 0.15) is 24.8 Å². The van der Waals surface area contributed by atoms with Crippen molar-refractivity contribution in [2.45, 2.75) is 119 Å². The predicted octanol–water partition coefficient (Wildman–Crippen LogP) is 5.91. The van der Waals surface area contributed by atoms with Gasteiger partial charge in [0.2, 0.25) is 0 Å². The van der Waals surface area contributed by atoms with E-state index in [1.807, 2.05) is 0 Å². The van der Waals surface area contributed by atoms with Crippen molar-refractivity contribution in [1.82, 2.24) is 0 Å². The molecule has 0 aromatic carbocycles. The molecule has 13 heteroatoms. The Kier molecular flexibility index (Phi) is 42.6. The first-order valence-electron chi connectivity index (χ1n) is 13.6. The van der Waals surface area contributed by atoms with Crippen molar-refractivity contribution in [1.29, 1.82) is 0 Å². The van der Waals surface area contributed by atoms with E-state index in [-0.39, 0.29) is 17.4 Å². The molecule has 9 nitrogen and oxygen atoms in total. The van der Waals surface area contributed by atoms with Gasteiger partial charge in [-0.25, -0.2) is 0 Å². The van der Waals surface area contributed by atoms with Gasteiger partial charge in [0, 0.05) is 0 Å². The van der Waals surface area contributed by atoms with Crippen molar-refractivity contribution in [3.63, 3.8) is 0 Å². The van der Waals surface area contributed by atoms with Crippen molar-refractivity contribution in [2.24, 2.45) is 17.8 Å². The number of hydrogen-bond donors (Lipinski definition) is 0. The zero-order valence-corrected chi connectivity index (χ0v) is 28.2. The Balaban J connectivity index is -0.000000218. The first kappa shape index (κ1) is 45.0. The van der Waals surface area contributed by atoms with Gasteiger partial charge in [0.25, 0.3) is 0 Å². The van der Waals surface area contributed by atoms with Gasteiger partial charge in [0.05, 0.1) is 19.8 Å². The third kappa shape index (κ3) is 39.2. The van der Waals surface area contributed by atoms with Gasteiger partial charge in [0.15, 0.2) is 0 Å². The summed E-state index contributed by atoms with van der Waals surface area (Å²) in [6, 6.07) is 0. The molecule has 225 valence electrons. The van der Waals surface area contributed by atoms with Gasteiger partial charge in [-0.2, -0.15) is 0 Å². The van der Waals surface area contributed by atoms with Gasteiger partial charge in [-0.3, -0.25) is 0 Å². The molecule has 0 aromatic rings. The maximum absolute atomic E-state index is 10.1. The molecule has 0 saturated heterocycles. The van der Waals surface area contributed by atoms with Crippen LogP contribution in [0.1, 0.15) is 119 Å². The molecule has 1 radical (unpaired) electrons. The summed E-state index contributed by atoms with van der Waals surface area (Å²) in [6.45, 7) is 13.7. The second kappa shape index (κ2) is 35.0. The van der Waals surface area contributed by atoms with Gasteiger partial charge in [-0.1, -0.05) is 99.3 Å². The number of unbranched alkanes of at least 4 members (excludes halogenated alkanes) is 3. The van der Waals surface area contributed by atoms with E-state index in [0.29, 0.717) is 37.6 Å². The van der Waals surface area contributed by atoms with Gasteiger partial charge in [-0.15, -0.1) is 0 Å². The molecule has 0 amide bonds. The number of hydrogen-bond acceptors (Lipinski definition) is 9. The summed E-state index contributed by atoms with van der Waals surface area (Å²) in [5, 5.41) is 0. The van der Waals surface area contributed by atoms with E-state index >= 15 is 0 Å². The summed E-state index contributed by atoms with van der Waals surface area (Å²) in [5.74, 6) is 1.23. The molecule has 6 atom stereocenters. The third-order valence-electron chi connectivity index (χ3n) is 5.94. The Bertz CT molecular complexity index is 460. The van der Waals surface area contributed by atoms with Gasteiger partial charge in [-0.05, 0) is 37.0 Å². The topological polar surface area (TPSA) is 148 Å². The largest absolute Gasteiger partial charge is 3.00 e. The van der Waals surface area contributed by atoms with Crippen molar-refractivity contribution in [3.8, 4) is 0 Å². The van der Waals surface area contributed by atoms with E-state index in [0.717, 1.165) is 77.0 Å². The molecule has 0 rings (SSSR count). The molecule has 0 aliphatic carbocycles. The van der Waals surface area contributed by atoms with Crippen LogP contribution in [-0.4, -0.2) is 19.8 Å². The normalized spacial score (nSPS) is 15.5. The van der Waals surface area contributed by atoms with Crippen LogP contribution in [0.25, 0.3) is 0 Å². The predicted molar refractivity (Wildman–Crippen MR) is 145 cm³/mol. The fourth-order valence-corrected chi connectivity index (χ4v) is 4.37. The maximum atomic E-state index is 10.1. The van der Waals surface area contributed by atoms with E-state index in [4.69, 9.17) is 0 Å². The summed E-state index contributed by atoms with van der Waals surface area (Å²) in [7, 11) is -8.89. The SMILES string of the molecule is CCCCC(CC)CO[PH](=O)[O-].CCCCC(CC)CO[PH](=O)[O-].CCCCC(CC)CO[PH](=O)[O-].[Cr+3]. The Hall–Kier alpha value is 0.982. The maximum Gasteiger partial charge on any atom is 3.00 e. The summed E-state index contributed by atoms with van der Waals surface area (Å²) in [4.78, 5) is 30.4. The van der Waals surface area contributed by atoms with E-state index in [1.54, 1.807) is 0 Å². The van der Waals surface area contributed by atoms with Gasteiger partial charge < -0.3 is 41.9 Å². The monoisotopic (exact) mass is 631 g/mol. The first-order valence-corrected chi connectivity index (χ1v) is 17.3. The van der Waals surface area contributed by atoms with Crippen LogP contribution in [0.3, 0.4) is 0 Å². The zero-order chi connectivity index (χ0) is 28.2. The Morgan fingerprint density at radius 3 is 0.865 bits per heavy atom. The van der Waals surface area contributed by atoms with E-state index in [9.17, 15) is 28.4 Å². The molecule has 37 heavy (non-hydrogen) atoms. The molecule has 0 aromatic heterocycles. The Labute approximate surface area is 239 Å². The van der Waals surface area contributed by atoms with Crippen LogP contribution in [0, 0.1) is 17.8 Å². The minimum absolute atomic E-state index is 0. The molecule has 0 spiro atoms. The second-order valence-corrected chi connectivity index (χ2v) is 11.3. The van der Waals surface area contributed by atoms with E-state index < -0.39 is 24.8 Å².